The van der Waals surface area contributed by atoms with Gasteiger partial charge in [-0.3, -0.25) is 9.69 Å². The molecule has 0 unspecified atom stereocenters. The summed E-state index contributed by atoms with van der Waals surface area (Å²) in [5, 5.41) is 1.01. The van der Waals surface area contributed by atoms with Crippen molar-refractivity contribution in [2.24, 2.45) is 0 Å². The fourth-order valence-corrected chi connectivity index (χ4v) is 4.56. The predicted molar refractivity (Wildman–Crippen MR) is 121 cm³/mol. The number of hydrogen-bond acceptors (Lipinski definition) is 6. The molecule has 30 heavy (non-hydrogen) atoms. The number of benzene rings is 1. The number of fused-ring (bicyclic) bond motifs is 1. The number of nitrogens with zero attached hydrogens (tertiary/aromatic N) is 2. The molecule has 4 rings (SSSR count). The van der Waals surface area contributed by atoms with Crippen LogP contribution in [-0.4, -0.2) is 39.3 Å². The Balaban J connectivity index is 1.69. The van der Waals surface area contributed by atoms with Crippen LogP contribution in [0.5, 0.6) is 0 Å². The van der Waals surface area contributed by atoms with E-state index < -0.39 is 5.97 Å². The first kappa shape index (κ1) is 20.2. The maximum Gasteiger partial charge on any atom is 0.373 e. The number of furan rings is 1. The number of thiocarbonyl (C=S) groups is 1. The van der Waals surface area contributed by atoms with Gasteiger partial charge in [-0.1, -0.05) is 48.3 Å². The summed E-state index contributed by atoms with van der Waals surface area (Å²) in [6.45, 7) is 4.51. The lowest BCUT2D eigenvalue weighted by molar-refractivity contribution is -0.121. The number of amides is 1. The highest BCUT2D eigenvalue weighted by Crippen LogP contribution is 2.34. The molecule has 1 aromatic carbocycles. The van der Waals surface area contributed by atoms with E-state index in [4.69, 9.17) is 21.4 Å². The molecular formula is C22H18N2O4S2. The van der Waals surface area contributed by atoms with Crippen LogP contribution < -0.4 is 0 Å². The van der Waals surface area contributed by atoms with E-state index in [9.17, 15) is 9.59 Å². The van der Waals surface area contributed by atoms with Crippen molar-refractivity contribution in [3.63, 3.8) is 0 Å². The van der Waals surface area contributed by atoms with Crippen molar-refractivity contribution in [3.8, 4) is 0 Å². The highest BCUT2D eigenvalue weighted by Gasteiger charge is 2.31. The summed E-state index contributed by atoms with van der Waals surface area (Å²) in [5.41, 5.74) is 1.89. The van der Waals surface area contributed by atoms with Gasteiger partial charge in [0, 0.05) is 29.2 Å². The summed E-state index contributed by atoms with van der Waals surface area (Å²) in [4.78, 5) is 26.4. The number of para-hydroxylation sites is 1. The van der Waals surface area contributed by atoms with Gasteiger partial charge in [-0.05, 0) is 24.3 Å². The van der Waals surface area contributed by atoms with E-state index in [1.807, 2.05) is 41.1 Å². The van der Waals surface area contributed by atoms with Crippen molar-refractivity contribution in [2.75, 3.05) is 13.7 Å². The molecule has 0 radical (unpaired) electrons. The zero-order chi connectivity index (χ0) is 21.3. The topological polar surface area (TPSA) is 64.7 Å². The maximum atomic E-state index is 12.7. The standard InChI is InChI=1S/C22H18N2O4S2/c1-3-10-24-20(25)19(30-22(24)29)11-14-12-23(17-7-5-4-6-16(14)17)13-15-8-9-18(28-15)21(26)27-2/h3-9,11-12H,1,10,13H2,2H3/b19-11-. The quantitative estimate of drug-likeness (QED) is 0.245. The second-order valence-corrected chi connectivity index (χ2v) is 8.24. The van der Waals surface area contributed by atoms with Crippen LogP contribution in [0.2, 0.25) is 0 Å². The fourth-order valence-electron chi connectivity index (χ4n) is 3.29. The summed E-state index contributed by atoms with van der Waals surface area (Å²) in [6, 6.07) is 11.3. The second-order valence-electron chi connectivity index (χ2n) is 6.57. The van der Waals surface area contributed by atoms with Gasteiger partial charge in [0.25, 0.3) is 5.91 Å². The van der Waals surface area contributed by atoms with E-state index in [0.29, 0.717) is 28.1 Å². The van der Waals surface area contributed by atoms with Crippen LogP contribution in [0.15, 0.2) is 64.6 Å². The molecule has 3 heterocycles. The monoisotopic (exact) mass is 438 g/mol. The maximum absolute atomic E-state index is 12.7. The van der Waals surface area contributed by atoms with E-state index >= 15 is 0 Å². The van der Waals surface area contributed by atoms with Crippen molar-refractivity contribution >= 4 is 57.2 Å². The number of carbonyl (C=O) groups excluding carboxylic acids is 2. The van der Waals surface area contributed by atoms with Crippen molar-refractivity contribution < 1.29 is 18.7 Å². The molecule has 1 aliphatic heterocycles. The number of rotatable bonds is 6. The summed E-state index contributed by atoms with van der Waals surface area (Å²) in [6.07, 6.45) is 5.49. The van der Waals surface area contributed by atoms with E-state index in [-0.39, 0.29) is 11.7 Å². The van der Waals surface area contributed by atoms with Gasteiger partial charge < -0.3 is 13.7 Å². The molecule has 8 heteroatoms. The van der Waals surface area contributed by atoms with Crippen molar-refractivity contribution in [2.45, 2.75) is 6.54 Å². The van der Waals surface area contributed by atoms with Gasteiger partial charge in [0.15, 0.2) is 0 Å². The average molecular weight is 439 g/mol. The minimum Gasteiger partial charge on any atom is -0.463 e. The van der Waals surface area contributed by atoms with Gasteiger partial charge in [0.05, 0.1) is 18.6 Å². The molecule has 0 N–H and O–H groups in total. The first-order valence-corrected chi connectivity index (χ1v) is 10.4. The molecule has 0 spiro atoms. The molecular weight excluding hydrogens is 420 g/mol. The van der Waals surface area contributed by atoms with Crippen LogP contribution in [0.4, 0.5) is 0 Å². The molecule has 6 nitrogen and oxygen atoms in total. The fraction of sp³-hybridized carbons (Fsp3) is 0.136. The number of methoxy groups -OCH3 is 1. The third-order valence-corrected chi connectivity index (χ3v) is 6.04. The SMILES string of the molecule is C=CCN1C(=O)/C(=C/c2cn(Cc3ccc(C(=O)OC)o3)c3ccccc23)SC1=S. The third-order valence-electron chi connectivity index (χ3n) is 4.67. The first-order valence-electron chi connectivity index (χ1n) is 9.13. The van der Waals surface area contributed by atoms with Crippen molar-refractivity contribution in [3.05, 3.63) is 77.2 Å². The van der Waals surface area contributed by atoms with Crippen LogP contribution in [0.1, 0.15) is 21.9 Å². The molecule has 1 saturated heterocycles. The normalized spacial score (nSPS) is 15.4. The molecule has 3 aromatic rings. The van der Waals surface area contributed by atoms with E-state index in [1.165, 1.54) is 23.8 Å². The Hall–Kier alpha value is -3.10. The number of carbonyl (C=O) groups is 2. The van der Waals surface area contributed by atoms with Crippen LogP contribution in [0, 0.1) is 0 Å². The molecule has 0 bridgehead atoms. The van der Waals surface area contributed by atoms with Gasteiger partial charge in [-0.15, -0.1) is 6.58 Å². The third kappa shape index (κ3) is 3.71. The zero-order valence-electron chi connectivity index (χ0n) is 16.2. The van der Waals surface area contributed by atoms with Crippen LogP contribution in [0.25, 0.3) is 17.0 Å². The minimum atomic E-state index is -0.513. The molecule has 0 atom stereocenters. The largest absolute Gasteiger partial charge is 0.463 e. The number of esters is 1. The second kappa shape index (κ2) is 8.33. The first-order chi connectivity index (χ1) is 14.5. The van der Waals surface area contributed by atoms with Gasteiger partial charge in [0.1, 0.15) is 10.1 Å². The Bertz CT molecular complexity index is 1200. The lowest BCUT2D eigenvalue weighted by atomic mass is 10.1. The van der Waals surface area contributed by atoms with Crippen molar-refractivity contribution in [1.29, 1.82) is 0 Å². The highest BCUT2D eigenvalue weighted by molar-refractivity contribution is 8.26. The highest BCUT2D eigenvalue weighted by atomic mass is 32.2. The van der Waals surface area contributed by atoms with Gasteiger partial charge in [-0.2, -0.15) is 0 Å². The Kier molecular flexibility index (Phi) is 5.61. The smallest absolute Gasteiger partial charge is 0.373 e. The van der Waals surface area contributed by atoms with Crippen LogP contribution >= 0.6 is 24.0 Å². The van der Waals surface area contributed by atoms with Crippen molar-refractivity contribution in [1.82, 2.24) is 9.47 Å². The molecule has 1 amide bonds. The molecule has 1 aliphatic rings. The average Bonchev–Trinajstić information content (AvgIpc) is 3.42. The van der Waals surface area contributed by atoms with Gasteiger partial charge in [0.2, 0.25) is 5.76 Å². The van der Waals surface area contributed by atoms with Gasteiger partial charge >= 0.3 is 5.97 Å². The number of hydrogen-bond donors (Lipinski definition) is 0. The Morgan fingerprint density at radius 1 is 1.30 bits per heavy atom. The minimum absolute atomic E-state index is 0.115. The summed E-state index contributed by atoms with van der Waals surface area (Å²) in [5.74, 6) is 0.159. The molecule has 152 valence electrons. The summed E-state index contributed by atoms with van der Waals surface area (Å²) in [7, 11) is 1.31. The van der Waals surface area contributed by atoms with E-state index in [2.05, 4.69) is 6.58 Å². The predicted octanol–water partition coefficient (Wildman–Crippen LogP) is 4.46. The number of aromatic nitrogens is 1. The van der Waals surface area contributed by atoms with Crippen LogP contribution in [0.3, 0.4) is 0 Å². The zero-order valence-corrected chi connectivity index (χ0v) is 17.8. The molecule has 2 aromatic heterocycles. The number of ether oxygens (including phenoxy) is 1. The number of thioether (sulfide) groups is 1. The lowest BCUT2D eigenvalue weighted by Crippen LogP contribution is -2.27. The Labute approximate surface area is 182 Å². The molecule has 0 aliphatic carbocycles. The molecule has 0 saturated carbocycles. The molecule has 1 fully saturated rings. The summed E-state index contributed by atoms with van der Waals surface area (Å²) >= 11 is 6.61. The Morgan fingerprint density at radius 3 is 2.87 bits per heavy atom. The van der Waals surface area contributed by atoms with Crippen LogP contribution in [-0.2, 0) is 16.1 Å². The Morgan fingerprint density at radius 2 is 2.10 bits per heavy atom. The summed E-state index contributed by atoms with van der Waals surface area (Å²) < 4.78 is 12.8. The van der Waals surface area contributed by atoms with E-state index in [1.54, 1.807) is 18.2 Å². The van der Waals surface area contributed by atoms with Gasteiger partial charge in [-0.25, -0.2) is 4.79 Å². The van der Waals surface area contributed by atoms with E-state index in [0.717, 1.165) is 16.5 Å². The lowest BCUT2D eigenvalue weighted by Gasteiger charge is -2.10.